The Morgan fingerprint density at radius 1 is 1.29 bits per heavy atom. The number of aryl methyl sites for hydroxylation is 1. The van der Waals surface area contributed by atoms with Crippen molar-refractivity contribution in [1.29, 1.82) is 0 Å². The zero-order valence-corrected chi connectivity index (χ0v) is 10.9. The van der Waals surface area contributed by atoms with Crippen LogP contribution in [0.4, 0.5) is 0 Å². The lowest BCUT2D eigenvalue weighted by Crippen LogP contribution is -2.27. The van der Waals surface area contributed by atoms with Crippen LogP contribution in [0.25, 0.3) is 0 Å². The molecule has 0 bridgehead atoms. The third-order valence-corrected chi connectivity index (χ3v) is 2.79. The lowest BCUT2D eigenvalue weighted by molar-refractivity contribution is 0.0466. The fourth-order valence-corrected chi connectivity index (χ4v) is 1.66. The molecule has 0 aromatic heterocycles. The van der Waals surface area contributed by atoms with Crippen LogP contribution in [0.15, 0.2) is 24.3 Å². The molecule has 0 atom stereocenters. The molecule has 0 unspecified atom stereocenters. The summed E-state index contributed by atoms with van der Waals surface area (Å²) in [5.41, 5.74) is 1.70. The first-order valence-electron chi connectivity index (χ1n) is 6.13. The number of ether oxygens (including phenoxy) is 1. The van der Waals surface area contributed by atoms with E-state index in [0.29, 0.717) is 12.2 Å². The standard InChI is InChI=1S/C14H21NO2/c1-4-15(5-2)9-10-17-14(16)13-8-6-7-12(3)11-13/h6-8,11H,4-5,9-10H2,1-3H3. The molecule has 0 radical (unpaired) electrons. The van der Waals surface area contributed by atoms with Crippen LogP contribution in [0.5, 0.6) is 0 Å². The van der Waals surface area contributed by atoms with Crippen molar-refractivity contribution in [3.05, 3.63) is 35.4 Å². The van der Waals surface area contributed by atoms with Gasteiger partial charge in [-0.15, -0.1) is 0 Å². The molecule has 0 aliphatic rings. The normalized spacial score (nSPS) is 10.6. The molecule has 1 aromatic carbocycles. The Bertz CT molecular complexity index is 359. The van der Waals surface area contributed by atoms with E-state index >= 15 is 0 Å². The highest BCUT2D eigenvalue weighted by Gasteiger charge is 2.07. The molecule has 3 nitrogen and oxygen atoms in total. The van der Waals surface area contributed by atoms with Crippen molar-refractivity contribution in [2.45, 2.75) is 20.8 Å². The molecular formula is C14H21NO2. The SMILES string of the molecule is CCN(CC)CCOC(=O)c1cccc(C)c1. The average Bonchev–Trinajstić information content (AvgIpc) is 2.34. The van der Waals surface area contributed by atoms with Gasteiger partial charge in [0.1, 0.15) is 6.61 Å². The van der Waals surface area contributed by atoms with Gasteiger partial charge in [-0.2, -0.15) is 0 Å². The maximum Gasteiger partial charge on any atom is 0.338 e. The molecule has 3 heteroatoms. The van der Waals surface area contributed by atoms with Crippen LogP contribution >= 0.6 is 0 Å². The fourth-order valence-electron chi connectivity index (χ4n) is 1.66. The van der Waals surface area contributed by atoms with Crippen molar-refractivity contribution in [3.63, 3.8) is 0 Å². The quantitative estimate of drug-likeness (QED) is 0.709. The predicted octanol–water partition coefficient (Wildman–Crippen LogP) is 2.49. The second kappa shape index (κ2) is 7.07. The summed E-state index contributed by atoms with van der Waals surface area (Å²) in [6, 6.07) is 7.47. The first-order chi connectivity index (χ1) is 8.17. The second-order valence-electron chi connectivity index (χ2n) is 4.03. The Hall–Kier alpha value is -1.35. The first-order valence-corrected chi connectivity index (χ1v) is 6.13. The molecule has 1 rings (SSSR count). The minimum atomic E-state index is -0.235. The number of esters is 1. The van der Waals surface area contributed by atoms with Gasteiger partial charge in [0.25, 0.3) is 0 Å². The molecule has 0 saturated heterocycles. The third kappa shape index (κ3) is 4.57. The lowest BCUT2D eigenvalue weighted by Gasteiger charge is -2.17. The van der Waals surface area contributed by atoms with Crippen molar-refractivity contribution in [2.24, 2.45) is 0 Å². The summed E-state index contributed by atoms with van der Waals surface area (Å²) < 4.78 is 5.24. The van der Waals surface area contributed by atoms with Crippen molar-refractivity contribution >= 4 is 5.97 Å². The van der Waals surface area contributed by atoms with Crippen LogP contribution in [-0.2, 0) is 4.74 Å². The summed E-state index contributed by atoms with van der Waals surface area (Å²) in [5, 5.41) is 0. The van der Waals surface area contributed by atoms with Gasteiger partial charge in [-0.3, -0.25) is 0 Å². The van der Waals surface area contributed by atoms with Crippen molar-refractivity contribution in [2.75, 3.05) is 26.2 Å². The number of rotatable bonds is 6. The van der Waals surface area contributed by atoms with Crippen LogP contribution in [0.1, 0.15) is 29.8 Å². The Morgan fingerprint density at radius 2 is 2.00 bits per heavy atom. The average molecular weight is 235 g/mol. The first kappa shape index (κ1) is 13.7. The summed E-state index contributed by atoms with van der Waals surface area (Å²) in [5.74, 6) is -0.235. The molecule has 0 N–H and O–H groups in total. The topological polar surface area (TPSA) is 29.5 Å². The predicted molar refractivity (Wildman–Crippen MR) is 69.2 cm³/mol. The molecule has 0 heterocycles. The number of likely N-dealkylation sites (N-methyl/N-ethyl adjacent to an activating group) is 1. The number of nitrogens with zero attached hydrogens (tertiary/aromatic N) is 1. The minimum absolute atomic E-state index is 0.235. The third-order valence-electron chi connectivity index (χ3n) is 2.79. The van der Waals surface area contributed by atoms with Crippen LogP contribution in [0.2, 0.25) is 0 Å². The fraction of sp³-hybridized carbons (Fsp3) is 0.500. The van der Waals surface area contributed by atoms with Crippen LogP contribution in [0, 0.1) is 6.92 Å². The van der Waals surface area contributed by atoms with Crippen molar-refractivity contribution < 1.29 is 9.53 Å². The lowest BCUT2D eigenvalue weighted by atomic mass is 10.1. The summed E-state index contributed by atoms with van der Waals surface area (Å²) in [4.78, 5) is 13.9. The van der Waals surface area contributed by atoms with Gasteiger partial charge in [-0.1, -0.05) is 31.5 Å². The summed E-state index contributed by atoms with van der Waals surface area (Å²) in [6.45, 7) is 9.39. The largest absolute Gasteiger partial charge is 0.461 e. The van der Waals surface area contributed by atoms with Gasteiger partial charge >= 0.3 is 5.97 Å². The van der Waals surface area contributed by atoms with Crippen LogP contribution < -0.4 is 0 Å². The van der Waals surface area contributed by atoms with Gasteiger partial charge in [-0.25, -0.2) is 4.79 Å². The van der Waals surface area contributed by atoms with Gasteiger partial charge in [0.15, 0.2) is 0 Å². The van der Waals surface area contributed by atoms with E-state index in [1.165, 1.54) is 0 Å². The van der Waals surface area contributed by atoms with E-state index in [4.69, 9.17) is 4.74 Å². The Balaban J connectivity index is 2.40. The second-order valence-corrected chi connectivity index (χ2v) is 4.03. The Morgan fingerprint density at radius 3 is 2.59 bits per heavy atom. The molecule has 0 saturated carbocycles. The van der Waals surface area contributed by atoms with Crippen molar-refractivity contribution in [1.82, 2.24) is 4.90 Å². The van der Waals surface area contributed by atoms with E-state index < -0.39 is 0 Å². The molecule has 0 spiro atoms. The molecular weight excluding hydrogens is 214 g/mol. The summed E-state index contributed by atoms with van der Waals surface area (Å²) in [6.07, 6.45) is 0. The monoisotopic (exact) mass is 235 g/mol. The number of hydrogen-bond donors (Lipinski definition) is 0. The van der Waals surface area contributed by atoms with Gasteiger partial charge in [0, 0.05) is 6.54 Å². The zero-order valence-electron chi connectivity index (χ0n) is 10.9. The molecule has 0 amide bonds. The van der Waals surface area contributed by atoms with Gasteiger partial charge < -0.3 is 9.64 Å². The van der Waals surface area contributed by atoms with E-state index in [9.17, 15) is 4.79 Å². The maximum atomic E-state index is 11.7. The number of carbonyl (C=O) groups is 1. The van der Waals surface area contributed by atoms with E-state index in [2.05, 4.69) is 18.7 Å². The van der Waals surface area contributed by atoms with Gasteiger partial charge in [0.2, 0.25) is 0 Å². The summed E-state index contributed by atoms with van der Waals surface area (Å²) in [7, 11) is 0. The van der Waals surface area contributed by atoms with Gasteiger partial charge in [0.05, 0.1) is 5.56 Å². The molecule has 0 fully saturated rings. The van der Waals surface area contributed by atoms with E-state index in [-0.39, 0.29) is 5.97 Å². The maximum absolute atomic E-state index is 11.7. The van der Waals surface area contributed by atoms with Crippen LogP contribution in [0.3, 0.4) is 0 Å². The molecule has 94 valence electrons. The van der Waals surface area contributed by atoms with E-state index in [1.807, 2.05) is 25.1 Å². The summed E-state index contributed by atoms with van der Waals surface area (Å²) >= 11 is 0. The highest BCUT2D eigenvalue weighted by Crippen LogP contribution is 2.05. The smallest absolute Gasteiger partial charge is 0.338 e. The molecule has 17 heavy (non-hydrogen) atoms. The zero-order chi connectivity index (χ0) is 12.7. The van der Waals surface area contributed by atoms with Crippen molar-refractivity contribution in [3.8, 4) is 0 Å². The molecule has 0 aliphatic carbocycles. The van der Waals surface area contributed by atoms with E-state index in [0.717, 1.165) is 25.2 Å². The Kier molecular flexibility index (Phi) is 5.70. The number of carbonyl (C=O) groups excluding carboxylic acids is 1. The molecule has 0 aliphatic heterocycles. The highest BCUT2D eigenvalue weighted by molar-refractivity contribution is 5.89. The minimum Gasteiger partial charge on any atom is -0.461 e. The van der Waals surface area contributed by atoms with Gasteiger partial charge in [-0.05, 0) is 32.1 Å². The van der Waals surface area contributed by atoms with Crippen LogP contribution in [-0.4, -0.2) is 37.1 Å². The Labute approximate surface area is 103 Å². The van der Waals surface area contributed by atoms with E-state index in [1.54, 1.807) is 6.07 Å². The highest BCUT2D eigenvalue weighted by atomic mass is 16.5. The number of hydrogen-bond acceptors (Lipinski definition) is 3. The molecule has 1 aromatic rings. The number of benzene rings is 1.